The number of methoxy groups -OCH3 is 1. The molecule has 0 aliphatic rings. The Morgan fingerprint density at radius 2 is 1.88 bits per heavy atom. The zero-order valence-corrected chi connectivity index (χ0v) is 13.8. The molecule has 0 aliphatic carbocycles. The second kappa shape index (κ2) is 6.62. The summed E-state index contributed by atoms with van der Waals surface area (Å²) in [7, 11) is 1.60. The molecule has 0 radical (unpaired) electrons. The lowest BCUT2D eigenvalue weighted by Crippen LogP contribution is -2.31. The van der Waals surface area contributed by atoms with Crippen LogP contribution < -0.4 is 15.4 Å². The molecule has 3 rings (SSSR count). The van der Waals surface area contributed by atoms with Crippen LogP contribution in [0.25, 0.3) is 11.1 Å². The first-order valence-electron chi connectivity index (χ1n) is 7.64. The van der Waals surface area contributed by atoms with E-state index in [2.05, 4.69) is 15.6 Å². The number of carbonyl (C=O) groups is 1. The smallest absolute Gasteiger partial charge is 0.246 e. The Morgan fingerprint density at radius 1 is 1.17 bits per heavy atom. The molecule has 0 spiro atoms. The van der Waals surface area contributed by atoms with Crippen molar-refractivity contribution in [2.24, 2.45) is 0 Å². The third kappa shape index (κ3) is 3.48. The molecule has 6 nitrogen and oxygen atoms in total. The largest absolute Gasteiger partial charge is 0.497 e. The number of carbonyl (C=O) groups excluding carboxylic acids is 1. The Hall–Kier alpha value is -3.02. The molecule has 2 aromatic carbocycles. The van der Waals surface area contributed by atoms with Gasteiger partial charge in [-0.15, -0.1) is 0 Å². The second-order valence-electron chi connectivity index (χ2n) is 5.50. The number of hydrogen-bond donors (Lipinski definition) is 2. The lowest BCUT2D eigenvalue weighted by atomic mass is 10.2. The summed E-state index contributed by atoms with van der Waals surface area (Å²) in [6.45, 7) is 3.61. The van der Waals surface area contributed by atoms with Crippen LogP contribution in [0.3, 0.4) is 0 Å². The molecule has 1 heterocycles. The van der Waals surface area contributed by atoms with Crippen LogP contribution >= 0.6 is 0 Å². The predicted octanol–water partition coefficient (Wildman–Crippen LogP) is 3.58. The number of anilines is 2. The van der Waals surface area contributed by atoms with E-state index in [9.17, 15) is 4.79 Å². The first-order valence-corrected chi connectivity index (χ1v) is 7.64. The van der Waals surface area contributed by atoms with Crippen molar-refractivity contribution in [3.8, 4) is 5.75 Å². The standard InChI is InChI=1S/C18H19N3O3/c1-11(18(22)21-13-4-7-15(23-3)8-5-13)19-14-6-9-17-16(10-14)20-12(2)24-17/h4-11,19H,1-3H3,(H,21,22). The van der Waals surface area contributed by atoms with Crippen LogP contribution in [0.4, 0.5) is 11.4 Å². The summed E-state index contributed by atoms with van der Waals surface area (Å²) in [4.78, 5) is 16.6. The van der Waals surface area contributed by atoms with Gasteiger partial charge < -0.3 is 19.8 Å². The number of benzene rings is 2. The average Bonchev–Trinajstić information content (AvgIpc) is 2.94. The van der Waals surface area contributed by atoms with Crippen molar-refractivity contribution < 1.29 is 13.9 Å². The molecule has 6 heteroatoms. The Labute approximate surface area is 139 Å². The van der Waals surface area contributed by atoms with Gasteiger partial charge >= 0.3 is 0 Å². The molecule has 1 atom stereocenters. The maximum atomic E-state index is 12.3. The summed E-state index contributed by atoms with van der Waals surface area (Å²) in [5.74, 6) is 1.24. The number of hydrogen-bond acceptors (Lipinski definition) is 5. The van der Waals surface area contributed by atoms with E-state index in [-0.39, 0.29) is 5.91 Å². The van der Waals surface area contributed by atoms with Gasteiger partial charge in [-0.05, 0) is 49.4 Å². The highest BCUT2D eigenvalue weighted by Gasteiger charge is 2.13. The van der Waals surface area contributed by atoms with Gasteiger partial charge in [0.2, 0.25) is 5.91 Å². The minimum absolute atomic E-state index is 0.128. The summed E-state index contributed by atoms with van der Waals surface area (Å²) in [5, 5.41) is 6.03. The summed E-state index contributed by atoms with van der Waals surface area (Å²) >= 11 is 0. The average molecular weight is 325 g/mol. The highest BCUT2D eigenvalue weighted by Crippen LogP contribution is 2.20. The molecule has 1 amide bonds. The van der Waals surface area contributed by atoms with Gasteiger partial charge in [-0.25, -0.2) is 4.98 Å². The lowest BCUT2D eigenvalue weighted by Gasteiger charge is -2.15. The van der Waals surface area contributed by atoms with Gasteiger partial charge in [-0.3, -0.25) is 4.79 Å². The molecule has 124 valence electrons. The third-order valence-corrected chi connectivity index (χ3v) is 3.63. The van der Waals surface area contributed by atoms with E-state index < -0.39 is 6.04 Å². The van der Waals surface area contributed by atoms with Gasteiger partial charge in [0.05, 0.1) is 7.11 Å². The minimum atomic E-state index is -0.405. The SMILES string of the molecule is COc1ccc(NC(=O)C(C)Nc2ccc3oc(C)nc3c2)cc1. The number of rotatable bonds is 5. The van der Waals surface area contributed by atoms with Crippen molar-refractivity contribution in [3.05, 3.63) is 48.4 Å². The summed E-state index contributed by atoms with van der Waals surface area (Å²) in [6.07, 6.45) is 0. The Balaban J connectivity index is 1.65. The van der Waals surface area contributed by atoms with Crippen LogP contribution in [0.5, 0.6) is 5.75 Å². The van der Waals surface area contributed by atoms with E-state index >= 15 is 0 Å². The van der Waals surface area contributed by atoms with E-state index in [1.807, 2.05) is 18.2 Å². The van der Waals surface area contributed by atoms with Gasteiger partial charge in [0, 0.05) is 18.3 Å². The third-order valence-electron chi connectivity index (χ3n) is 3.63. The predicted molar refractivity (Wildman–Crippen MR) is 93.5 cm³/mol. The first kappa shape index (κ1) is 15.9. The van der Waals surface area contributed by atoms with Gasteiger partial charge in [0.1, 0.15) is 17.3 Å². The number of nitrogens with zero attached hydrogens (tertiary/aromatic N) is 1. The molecule has 2 N–H and O–H groups in total. The minimum Gasteiger partial charge on any atom is -0.497 e. The van der Waals surface area contributed by atoms with Crippen LogP contribution in [0.1, 0.15) is 12.8 Å². The molecule has 0 fully saturated rings. The van der Waals surface area contributed by atoms with Crippen LogP contribution in [-0.2, 0) is 4.79 Å². The number of aromatic nitrogens is 1. The maximum Gasteiger partial charge on any atom is 0.246 e. The van der Waals surface area contributed by atoms with E-state index in [0.717, 1.165) is 28.2 Å². The number of ether oxygens (including phenoxy) is 1. The monoisotopic (exact) mass is 325 g/mol. The molecule has 0 saturated heterocycles. The zero-order valence-electron chi connectivity index (χ0n) is 13.8. The van der Waals surface area contributed by atoms with Crippen molar-refractivity contribution in [2.75, 3.05) is 17.7 Å². The summed E-state index contributed by atoms with van der Waals surface area (Å²) in [5.41, 5.74) is 3.03. The Morgan fingerprint density at radius 3 is 2.58 bits per heavy atom. The topological polar surface area (TPSA) is 76.4 Å². The molecular formula is C18H19N3O3. The number of nitrogens with one attached hydrogen (secondary N) is 2. The van der Waals surface area contributed by atoms with E-state index in [4.69, 9.17) is 9.15 Å². The normalized spacial score (nSPS) is 12.0. The number of oxazole rings is 1. The quantitative estimate of drug-likeness (QED) is 0.750. The van der Waals surface area contributed by atoms with Crippen molar-refractivity contribution >= 4 is 28.4 Å². The molecule has 3 aromatic rings. The molecule has 1 aromatic heterocycles. The highest BCUT2D eigenvalue weighted by atomic mass is 16.5. The zero-order chi connectivity index (χ0) is 17.1. The van der Waals surface area contributed by atoms with Crippen molar-refractivity contribution in [1.82, 2.24) is 4.98 Å². The highest BCUT2D eigenvalue weighted by molar-refractivity contribution is 5.96. The van der Waals surface area contributed by atoms with Crippen LogP contribution in [0.2, 0.25) is 0 Å². The Kier molecular flexibility index (Phi) is 4.37. The van der Waals surface area contributed by atoms with Gasteiger partial charge in [0.25, 0.3) is 0 Å². The van der Waals surface area contributed by atoms with Crippen LogP contribution in [-0.4, -0.2) is 24.0 Å². The number of fused-ring (bicyclic) bond motifs is 1. The van der Waals surface area contributed by atoms with Gasteiger partial charge in [0.15, 0.2) is 11.5 Å². The van der Waals surface area contributed by atoms with Gasteiger partial charge in [-0.1, -0.05) is 0 Å². The maximum absolute atomic E-state index is 12.3. The van der Waals surface area contributed by atoms with Gasteiger partial charge in [-0.2, -0.15) is 0 Å². The number of amides is 1. The summed E-state index contributed by atoms with van der Waals surface area (Å²) in [6, 6.07) is 12.4. The van der Waals surface area contributed by atoms with Crippen LogP contribution in [0.15, 0.2) is 46.9 Å². The molecule has 0 aliphatic heterocycles. The van der Waals surface area contributed by atoms with Crippen molar-refractivity contribution in [1.29, 1.82) is 0 Å². The fraction of sp³-hybridized carbons (Fsp3) is 0.222. The fourth-order valence-corrected chi connectivity index (χ4v) is 2.37. The second-order valence-corrected chi connectivity index (χ2v) is 5.50. The molecular weight excluding hydrogens is 306 g/mol. The fourth-order valence-electron chi connectivity index (χ4n) is 2.37. The summed E-state index contributed by atoms with van der Waals surface area (Å²) < 4.78 is 10.5. The molecule has 0 saturated carbocycles. The Bertz CT molecular complexity index is 856. The van der Waals surface area contributed by atoms with E-state index in [0.29, 0.717) is 5.89 Å². The van der Waals surface area contributed by atoms with Crippen LogP contribution in [0, 0.1) is 6.92 Å². The lowest BCUT2D eigenvalue weighted by molar-refractivity contribution is -0.116. The van der Waals surface area contributed by atoms with E-state index in [1.54, 1.807) is 45.2 Å². The molecule has 1 unspecified atom stereocenters. The van der Waals surface area contributed by atoms with Crippen molar-refractivity contribution in [3.63, 3.8) is 0 Å². The number of aryl methyl sites for hydroxylation is 1. The molecule has 0 bridgehead atoms. The van der Waals surface area contributed by atoms with E-state index in [1.165, 1.54) is 0 Å². The van der Waals surface area contributed by atoms with Crippen molar-refractivity contribution in [2.45, 2.75) is 19.9 Å². The first-order chi connectivity index (χ1) is 11.5. The molecule has 24 heavy (non-hydrogen) atoms.